The number of pyridine rings is 1. The first kappa shape index (κ1) is 16.0. The molecule has 1 fully saturated rings. The summed E-state index contributed by atoms with van der Waals surface area (Å²) in [4.78, 5) is 4.27. The van der Waals surface area contributed by atoms with Crippen LogP contribution in [0.3, 0.4) is 0 Å². The Morgan fingerprint density at radius 1 is 1.22 bits per heavy atom. The van der Waals surface area contributed by atoms with Crippen molar-refractivity contribution in [1.82, 2.24) is 10.3 Å². The summed E-state index contributed by atoms with van der Waals surface area (Å²) in [6.45, 7) is 4.18. The molecule has 2 heterocycles. The molecular weight excluding hydrogens is 288 g/mol. The molecule has 0 aliphatic carbocycles. The lowest BCUT2D eigenvalue weighted by Gasteiger charge is -2.22. The van der Waals surface area contributed by atoms with Crippen LogP contribution < -0.4 is 10.1 Å². The third-order valence-electron chi connectivity index (χ3n) is 4.03. The van der Waals surface area contributed by atoms with Gasteiger partial charge in [0.15, 0.2) is 0 Å². The number of aromatic nitrogens is 1. The summed E-state index contributed by atoms with van der Waals surface area (Å²) >= 11 is 0. The van der Waals surface area contributed by atoms with Gasteiger partial charge in [0.25, 0.3) is 0 Å². The summed E-state index contributed by atoms with van der Waals surface area (Å²) in [5.41, 5.74) is 2.17. The average Bonchev–Trinajstić information content (AvgIpc) is 2.62. The van der Waals surface area contributed by atoms with Crippen LogP contribution in [0.5, 0.6) is 5.75 Å². The van der Waals surface area contributed by atoms with Crippen molar-refractivity contribution in [3.63, 3.8) is 0 Å². The summed E-state index contributed by atoms with van der Waals surface area (Å²) in [6.07, 6.45) is 4.23. The Labute approximate surface area is 137 Å². The van der Waals surface area contributed by atoms with Crippen LogP contribution in [0.2, 0.25) is 0 Å². The fourth-order valence-electron chi connectivity index (χ4n) is 2.78. The molecule has 1 aliphatic heterocycles. The molecule has 122 valence electrons. The number of benzene rings is 1. The van der Waals surface area contributed by atoms with E-state index in [4.69, 9.17) is 9.47 Å². The van der Waals surface area contributed by atoms with Gasteiger partial charge in [-0.3, -0.25) is 4.98 Å². The summed E-state index contributed by atoms with van der Waals surface area (Å²) in [7, 11) is 0. The van der Waals surface area contributed by atoms with Gasteiger partial charge >= 0.3 is 0 Å². The number of rotatable bonds is 7. The van der Waals surface area contributed by atoms with Crippen molar-refractivity contribution in [2.45, 2.75) is 26.0 Å². The van der Waals surface area contributed by atoms with E-state index in [0.717, 1.165) is 37.7 Å². The highest BCUT2D eigenvalue weighted by Gasteiger charge is 2.12. The Bertz CT molecular complexity index is 583. The maximum atomic E-state index is 5.82. The molecule has 0 radical (unpaired) electrons. The Hall–Kier alpha value is -1.91. The van der Waals surface area contributed by atoms with Crippen LogP contribution in [-0.2, 0) is 17.9 Å². The normalized spacial score (nSPS) is 17.8. The lowest BCUT2D eigenvalue weighted by atomic mass is 10.0. The lowest BCUT2D eigenvalue weighted by Crippen LogP contribution is -2.28. The molecule has 4 nitrogen and oxygen atoms in total. The van der Waals surface area contributed by atoms with Crippen molar-refractivity contribution in [2.75, 3.05) is 19.8 Å². The molecule has 3 rings (SSSR count). The van der Waals surface area contributed by atoms with Crippen molar-refractivity contribution >= 4 is 0 Å². The Morgan fingerprint density at radius 3 is 3.04 bits per heavy atom. The Morgan fingerprint density at radius 2 is 2.22 bits per heavy atom. The minimum absolute atomic E-state index is 0.497. The van der Waals surface area contributed by atoms with Crippen LogP contribution >= 0.6 is 0 Å². The predicted octanol–water partition coefficient (Wildman–Crippen LogP) is 3.18. The van der Waals surface area contributed by atoms with E-state index in [9.17, 15) is 0 Å². The largest absolute Gasteiger partial charge is 0.487 e. The molecule has 23 heavy (non-hydrogen) atoms. The van der Waals surface area contributed by atoms with Crippen molar-refractivity contribution in [2.24, 2.45) is 5.92 Å². The topological polar surface area (TPSA) is 43.4 Å². The van der Waals surface area contributed by atoms with Crippen molar-refractivity contribution in [3.8, 4) is 5.75 Å². The van der Waals surface area contributed by atoms with Gasteiger partial charge in [-0.1, -0.05) is 18.2 Å². The zero-order chi connectivity index (χ0) is 15.7. The van der Waals surface area contributed by atoms with Gasteiger partial charge < -0.3 is 14.8 Å². The standard InChI is InChI=1S/C19H24N2O2/c1-2-9-21-18(7-1)15-23-19-8-3-5-16(11-19)12-20-13-17-6-4-10-22-14-17/h1-3,5,7-9,11,17,20H,4,6,10,12-15H2. The van der Waals surface area contributed by atoms with E-state index in [2.05, 4.69) is 22.4 Å². The van der Waals surface area contributed by atoms with Gasteiger partial charge in [0.1, 0.15) is 12.4 Å². The molecule has 1 saturated heterocycles. The van der Waals surface area contributed by atoms with Gasteiger partial charge in [-0.05, 0) is 48.6 Å². The monoisotopic (exact) mass is 312 g/mol. The summed E-state index contributed by atoms with van der Waals surface area (Å²) in [5.74, 6) is 1.53. The molecule has 1 aromatic carbocycles. The number of hydrogen-bond acceptors (Lipinski definition) is 4. The van der Waals surface area contributed by atoms with E-state index < -0.39 is 0 Å². The van der Waals surface area contributed by atoms with Gasteiger partial charge in [-0.15, -0.1) is 0 Å². The van der Waals surface area contributed by atoms with E-state index in [1.54, 1.807) is 6.20 Å². The van der Waals surface area contributed by atoms with E-state index in [-0.39, 0.29) is 0 Å². The highest BCUT2D eigenvalue weighted by Crippen LogP contribution is 2.16. The zero-order valence-electron chi connectivity index (χ0n) is 13.4. The number of hydrogen-bond donors (Lipinski definition) is 1. The molecule has 1 aliphatic rings. The van der Waals surface area contributed by atoms with Crippen molar-refractivity contribution in [1.29, 1.82) is 0 Å². The minimum Gasteiger partial charge on any atom is -0.487 e. The maximum absolute atomic E-state index is 5.82. The second-order valence-electron chi connectivity index (χ2n) is 5.97. The SMILES string of the molecule is c1ccc(COc2cccc(CNCC3CCCOC3)c2)nc1. The van der Waals surface area contributed by atoms with Crippen LogP contribution in [0, 0.1) is 5.92 Å². The first-order valence-corrected chi connectivity index (χ1v) is 8.30. The van der Waals surface area contributed by atoms with Gasteiger partial charge in [-0.2, -0.15) is 0 Å². The summed E-state index contributed by atoms with van der Waals surface area (Å²) < 4.78 is 11.3. The van der Waals surface area contributed by atoms with Crippen LogP contribution in [0.1, 0.15) is 24.1 Å². The van der Waals surface area contributed by atoms with Crippen LogP contribution in [-0.4, -0.2) is 24.7 Å². The summed E-state index contributed by atoms with van der Waals surface area (Å²) in [5, 5.41) is 3.52. The molecule has 1 N–H and O–H groups in total. The summed E-state index contributed by atoms with van der Waals surface area (Å²) in [6, 6.07) is 14.1. The van der Waals surface area contributed by atoms with Gasteiger partial charge in [0, 0.05) is 25.9 Å². The highest BCUT2D eigenvalue weighted by molar-refractivity contribution is 5.28. The molecule has 4 heteroatoms. The molecule has 0 bridgehead atoms. The van der Waals surface area contributed by atoms with E-state index in [1.807, 2.05) is 30.3 Å². The van der Waals surface area contributed by atoms with Gasteiger partial charge in [-0.25, -0.2) is 0 Å². The maximum Gasteiger partial charge on any atom is 0.130 e. The molecule has 0 spiro atoms. The van der Waals surface area contributed by atoms with Gasteiger partial charge in [0.05, 0.1) is 12.3 Å². The fraction of sp³-hybridized carbons (Fsp3) is 0.421. The predicted molar refractivity (Wildman–Crippen MR) is 90.3 cm³/mol. The first-order chi connectivity index (χ1) is 11.4. The average molecular weight is 312 g/mol. The molecule has 2 aromatic rings. The van der Waals surface area contributed by atoms with E-state index >= 15 is 0 Å². The smallest absolute Gasteiger partial charge is 0.130 e. The second-order valence-corrected chi connectivity index (χ2v) is 5.97. The van der Waals surface area contributed by atoms with E-state index in [0.29, 0.717) is 12.5 Å². The first-order valence-electron chi connectivity index (χ1n) is 8.30. The molecule has 0 saturated carbocycles. The number of ether oxygens (including phenoxy) is 2. The minimum atomic E-state index is 0.497. The quantitative estimate of drug-likeness (QED) is 0.853. The molecule has 1 aromatic heterocycles. The number of nitrogens with one attached hydrogen (secondary N) is 1. The number of nitrogens with zero attached hydrogens (tertiary/aromatic N) is 1. The second kappa shape index (κ2) is 8.65. The van der Waals surface area contributed by atoms with Crippen LogP contribution in [0.25, 0.3) is 0 Å². The van der Waals surface area contributed by atoms with Gasteiger partial charge in [0.2, 0.25) is 0 Å². The lowest BCUT2D eigenvalue weighted by molar-refractivity contribution is 0.0547. The molecule has 1 unspecified atom stereocenters. The molecule has 1 atom stereocenters. The van der Waals surface area contributed by atoms with Crippen molar-refractivity contribution in [3.05, 3.63) is 59.9 Å². The zero-order valence-corrected chi connectivity index (χ0v) is 13.4. The Kier molecular flexibility index (Phi) is 6.01. The third-order valence-corrected chi connectivity index (χ3v) is 4.03. The van der Waals surface area contributed by atoms with Crippen molar-refractivity contribution < 1.29 is 9.47 Å². The Balaban J connectivity index is 1.45. The third kappa shape index (κ3) is 5.34. The van der Waals surface area contributed by atoms with Crippen LogP contribution in [0.4, 0.5) is 0 Å². The highest BCUT2D eigenvalue weighted by atomic mass is 16.5. The fourth-order valence-corrected chi connectivity index (χ4v) is 2.78. The van der Waals surface area contributed by atoms with Crippen LogP contribution in [0.15, 0.2) is 48.7 Å². The molecular formula is C19H24N2O2. The molecule has 0 amide bonds. The van der Waals surface area contributed by atoms with E-state index in [1.165, 1.54) is 18.4 Å².